The van der Waals surface area contributed by atoms with Gasteiger partial charge in [-0.2, -0.15) is 0 Å². The van der Waals surface area contributed by atoms with Crippen LogP contribution in [-0.2, 0) is 14.4 Å². The summed E-state index contributed by atoms with van der Waals surface area (Å²) in [5, 5.41) is 0.752. The molecule has 0 aliphatic carbocycles. The lowest BCUT2D eigenvalue weighted by Gasteiger charge is -2.12. The number of hydrogen-bond donors (Lipinski definition) is 0. The molecule has 0 unspecified atom stereocenters. The number of hydrogen-bond acceptors (Lipinski definition) is 3. The van der Waals surface area contributed by atoms with Crippen molar-refractivity contribution in [3.8, 4) is 0 Å². The van der Waals surface area contributed by atoms with Gasteiger partial charge < -0.3 is 4.84 Å². The van der Waals surface area contributed by atoms with E-state index < -0.39 is 5.97 Å². The number of rotatable bonds is 3. The van der Waals surface area contributed by atoms with Crippen LogP contribution in [0.25, 0.3) is 0 Å². The number of carbonyl (C=O) groups is 1. The molecule has 13 heavy (non-hydrogen) atoms. The Bertz CT molecular complexity index is 297. The second-order valence-electron chi connectivity index (χ2n) is 2.30. The van der Waals surface area contributed by atoms with Gasteiger partial charge in [0.15, 0.2) is 0 Å². The molecule has 0 aliphatic rings. The minimum Gasteiger partial charge on any atom is -0.333 e. The van der Waals surface area contributed by atoms with E-state index in [4.69, 9.17) is 0 Å². The highest BCUT2D eigenvalue weighted by Gasteiger charge is 2.08. The van der Waals surface area contributed by atoms with E-state index in [2.05, 4.69) is 4.84 Å². The number of anilines is 1. The minimum absolute atomic E-state index is 0.465. The van der Waals surface area contributed by atoms with Crippen LogP contribution in [0.1, 0.15) is 6.92 Å². The van der Waals surface area contributed by atoms with E-state index in [-0.39, 0.29) is 0 Å². The molecule has 0 saturated heterocycles. The summed E-state index contributed by atoms with van der Waals surface area (Å²) >= 11 is 0. The molecule has 0 aliphatic heterocycles. The van der Waals surface area contributed by atoms with E-state index in [1.54, 1.807) is 30.3 Å². The molecule has 4 heteroatoms. The molecule has 1 aromatic carbocycles. The first-order valence-electron chi connectivity index (χ1n) is 3.65. The van der Waals surface area contributed by atoms with Crippen LogP contribution in [-0.4, -0.2) is 12.4 Å². The molecular formula is C9H8NO3. The average molecular weight is 178 g/mol. The van der Waals surface area contributed by atoms with Crippen molar-refractivity contribution < 1.29 is 14.4 Å². The van der Waals surface area contributed by atoms with Gasteiger partial charge in [0.25, 0.3) is 0 Å². The van der Waals surface area contributed by atoms with Crippen molar-refractivity contribution in [1.29, 1.82) is 0 Å². The van der Waals surface area contributed by atoms with E-state index in [0.29, 0.717) is 5.69 Å². The van der Waals surface area contributed by atoms with Crippen LogP contribution < -0.4 is 5.06 Å². The molecule has 1 radical (unpaired) electrons. The zero-order valence-corrected chi connectivity index (χ0v) is 7.06. The molecule has 0 atom stereocenters. The van der Waals surface area contributed by atoms with Crippen molar-refractivity contribution in [2.75, 3.05) is 5.06 Å². The largest absolute Gasteiger partial charge is 0.353 e. The molecule has 0 aromatic heterocycles. The average Bonchev–Trinajstić information content (AvgIpc) is 2.15. The molecule has 0 saturated carbocycles. The van der Waals surface area contributed by atoms with Gasteiger partial charge in [0.2, 0.25) is 0 Å². The van der Waals surface area contributed by atoms with Gasteiger partial charge in [0.1, 0.15) is 0 Å². The van der Waals surface area contributed by atoms with Crippen LogP contribution in [0, 0.1) is 0 Å². The van der Waals surface area contributed by atoms with Crippen molar-refractivity contribution in [3.05, 3.63) is 30.3 Å². The molecule has 0 heterocycles. The Hall–Kier alpha value is -1.84. The van der Waals surface area contributed by atoms with Gasteiger partial charge in [-0.05, 0) is 12.1 Å². The number of carbonyl (C=O) groups excluding carboxylic acids is 2. The standard InChI is InChI=1S/C9H8NO3/c1-8(12)13-10(7-11)9-5-3-2-4-6-9/h2-6H,1H3. The van der Waals surface area contributed by atoms with Crippen LogP contribution >= 0.6 is 0 Å². The van der Waals surface area contributed by atoms with Gasteiger partial charge in [-0.25, -0.2) is 4.79 Å². The Morgan fingerprint density at radius 2 is 2.00 bits per heavy atom. The van der Waals surface area contributed by atoms with Crippen molar-refractivity contribution in [2.45, 2.75) is 6.92 Å². The van der Waals surface area contributed by atoms with Crippen molar-refractivity contribution in [3.63, 3.8) is 0 Å². The summed E-state index contributed by atoms with van der Waals surface area (Å²) in [4.78, 5) is 25.5. The lowest BCUT2D eigenvalue weighted by Crippen LogP contribution is -2.23. The number of hydroxylamine groups is 1. The summed E-state index contributed by atoms with van der Waals surface area (Å²) in [6.45, 7) is 1.22. The maximum absolute atomic E-state index is 10.5. The third-order valence-electron chi connectivity index (χ3n) is 1.29. The predicted molar refractivity (Wildman–Crippen MR) is 46.4 cm³/mol. The van der Waals surface area contributed by atoms with Gasteiger partial charge in [-0.3, -0.25) is 4.79 Å². The lowest BCUT2D eigenvalue weighted by atomic mass is 10.3. The lowest BCUT2D eigenvalue weighted by molar-refractivity contribution is -0.140. The Morgan fingerprint density at radius 1 is 1.38 bits per heavy atom. The number of para-hydroxylation sites is 1. The van der Waals surface area contributed by atoms with Gasteiger partial charge in [-0.15, -0.1) is 5.06 Å². The highest BCUT2D eigenvalue weighted by molar-refractivity contribution is 5.78. The molecule has 0 fully saturated rings. The SMILES string of the molecule is CC(=O)ON([C]=O)c1ccccc1. The van der Waals surface area contributed by atoms with Crippen molar-refractivity contribution >= 4 is 18.1 Å². The highest BCUT2D eigenvalue weighted by atomic mass is 16.7. The third-order valence-corrected chi connectivity index (χ3v) is 1.29. The fraction of sp³-hybridized carbons (Fsp3) is 0.111. The smallest absolute Gasteiger partial charge is 0.333 e. The topological polar surface area (TPSA) is 46.6 Å². The Balaban J connectivity index is 2.78. The monoisotopic (exact) mass is 178 g/mol. The summed E-state index contributed by atoms with van der Waals surface area (Å²) in [7, 11) is 0. The first-order chi connectivity index (χ1) is 6.24. The van der Waals surface area contributed by atoms with E-state index in [9.17, 15) is 9.59 Å². The highest BCUT2D eigenvalue weighted by Crippen LogP contribution is 2.11. The normalized spacial score (nSPS) is 9.00. The molecule has 0 N–H and O–H groups in total. The molecule has 1 amide bonds. The predicted octanol–water partition coefficient (Wildman–Crippen LogP) is 1.04. The second-order valence-corrected chi connectivity index (χ2v) is 2.30. The quantitative estimate of drug-likeness (QED) is 0.513. The Labute approximate surface area is 75.7 Å². The van der Waals surface area contributed by atoms with Crippen LogP contribution in [0.4, 0.5) is 5.69 Å². The summed E-state index contributed by atoms with van der Waals surface area (Å²) in [5.74, 6) is -0.563. The van der Waals surface area contributed by atoms with E-state index in [1.807, 2.05) is 0 Å². The summed E-state index contributed by atoms with van der Waals surface area (Å²) in [6.07, 6.45) is 1.49. The van der Waals surface area contributed by atoms with Gasteiger partial charge in [0, 0.05) is 6.92 Å². The fourth-order valence-electron chi connectivity index (χ4n) is 0.816. The summed E-state index contributed by atoms with van der Waals surface area (Å²) in [6, 6.07) is 8.51. The first-order valence-corrected chi connectivity index (χ1v) is 3.65. The van der Waals surface area contributed by atoms with E-state index >= 15 is 0 Å². The molecule has 0 bridgehead atoms. The van der Waals surface area contributed by atoms with Crippen LogP contribution in [0.2, 0.25) is 0 Å². The number of benzene rings is 1. The van der Waals surface area contributed by atoms with Crippen LogP contribution in [0.5, 0.6) is 0 Å². The molecule has 4 nitrogen and oxygen atoms in total. The Morgan fingerprint density at radius 3 is 2.46 bits per heavy atom. The molecular weight excluding hydrogens is 170 g/mol. The molecule has 67 valence electrons. The molecule has 1 aromatic rings. The third kappa shape index (κ3) is 2.59. The summed E-state index contributed by atoms with van der Waals surface area (Å²) < 4.78 is 0. The van der Waals surface area contributed by atoms with Gasteiger partial charge >= 0.3 is 12.4 Å². The van der Waals surface area contributed by atoms with Crippen LogP contribution in [0.15, 0.2) is 30.3 Å². The number of amides is 1. The first kappa shape index (κ1) is 9.25. The van der Waals surface area contributed by atoms with E-state index in [1.165, 1.54) is 13.3 Å². The van der Waals surface area contributed by atoms with Crippen LogP contribution in [0.3, 0.4) is 0 Å². The second kappa shape index (κ2) is 4.25. The zero-order valence-electron chi connectivity index (χ0n) is 7.06. The molecule has 1 rings (SSSR count). The maximum atomic E-state index is 10.5. The van der Waals surface area contributed by atoms with Gasteiger partial charge in [-0.1, -0.05) is 18.2 Å². The molecule has 0 spiro atoms. The minimum atomic E-state index is -0.563. The van der Waals surface area contributed by atoms with Crippen molar-refractivity contribution in [1.82, 2.24) is 0 Å². The fourth-order valence-corrected chi connectivity index (χ4v) is 0.816. The zero-order chi connectivity index (χ0) is 9.68. The van der Waals surface area contributed by atoms with Crippen molar-refractivity contribution in [2.24, 2.45) is 0 Å². The Kier molecular flexibility index (Phi) is 3.03. The maximum Gasteiger partial charge on any atom is 0.353 e. The van der Waals surface area contributed by atoms with E-state index in [0.717, 1.165) is 5.06 Å². The van der Waals surface area contributed by atoms with Gasteiger partial charge in [0.05, 0.1) is 5.69 Å². The summed E-state index contributed by atoms with van der Waals surface area (Å²) in [5.41, 5.74) is 0.465. The number of nitrogens with zero attached hydrogens (tertiary/aromatic N) is 1.